The molecule has 0 radical (unpaired) electrons. The molecular weight excluding hydrogens is 604 g/mol. The number of carbonyl (C=O) groups is 1. The Morgan fingerprint density at radius 2 is 1.04 bits per heavy atom. The minimum Gasteiger partial charge on any atom is -0.478 e. The van der Waals surface area contributed by atoms with Crippen LogP contribution >= 0.6 is 0 Å². The molecule has 49 heavy (non-hydrogen) atoms. The molecule has 0 heterocycles. The first-order chi connectivity index (χ1) is 24.1. The topological polar surface area (TPSA) is 55.8 Å². The van der Waals surface area contributed by atoms with E-state index in [-0.39, 0.29) is 6.10 Å². The van der Waals surface area contributed by atoms with Gasteiger partial charge in [0.15, 0.2) is 0 Å². The van der Waals surface area contributed by atoms with Crippen molar-refractivity contribution in [2.45, 2.75) is 161 Å². The van der Waals surface area contributed by atoms with Crippen LogP contribution in [0.2, 0.25) is 0 Å². The second-order valence-electron chi connectivity index (χ2n) is 14.5. The van der Waals surface area contributed by atoms with Crippen LogP contribution in [0.15, 0.2) is 48.5 Å². The van der Waals surface area contributed by atoms with Crippen molar-refractivity contribution in [3.05, 3.63) is 59.7 Å². The highest BCUT2D eigenvalue weighted by molar-refractivity contribution is 6.26. The maximum Gasteiger partial charge on any atom is 0.336 e. The minimum absolute atomic E-state index is 0.0823. The summed E-state index contributed by atoms with van der Waals surface area (Å²) in [5.74, 6) is -0.877. The van der Waals surface area contributed by atoms with E-state index in [1.54, 1.807) is 6.07 Å². The van der Waals surface area contributed by atoms with Crippen LogP contribution < -0.4 is 0 Å². The number of hydrogen-bond donors (Lipinski definition) is 1. The summed E-state index contributed by atoms with van der Waals surface area (Å²) in [5, 5.41) is 16.4. The predicted molar refractivity (Wildman–Crippen MR) is 210 cm³/mol. The van der Waals surface area contributed by atoms with E-state index in [1.807, 2.05) is 12.1 Å². The third-order valence-corrected chi connectivity index (χ3v) is 10.5. The standard InChI is InChI=1S/C45H66O4/c1-3-5-7-9-11-13-15-17-19-21-33-48-35-39(49-34-22-20-18-16-14-12-10-8-6-4-2)29-25-36-23-24-37-27-31-41-42(45(46)47)32-28-38-26-30-40(36)43(37)44(38)41/h23-24,26-28,30-32,39H,3-22,25,29,33-35H2,1-2H3,(H,46,47). The van der Waals surface area contributed by atoms with E-state index in [2.05, 4.69) is 44.2 Å². The Balaban J connectivity index is 1.28. The highest BCUT2D eigenvalue weighted by Gasteiger charge is 2.17. The molecule has 0 aliphatic rings. The molecule has 4 aromatic carbocycles. The Morgan fingerprint density at radius 3 is 1.61 bits per heavy atom. The molecule has 0 aromatic heterocycles. The normalized spacial score (nSPS) is 12.5. The van der Waals surface area contributed by atoms with Crippen molar-refractivity contribution in [2.75, 3.05) is 19.8 Å². The molecule has 4 nitrogen and oxygen atoms in total. The van der Waals surface area contributed by atoms with Crippen LogP contribution in [0.25, 0.3) is 32.3 Å². The van der Waals surface area contributed by atoms with Crippen LogP contribution in [0.5, 0.6) is 0 Å². The quantitative estimate of drug-likeness (QED) is 0.0461. The number of unbranched alkanes of at least 4 members (excludes halogenated alkanes) is 18. The van der Waals surface area contributed by atoms with Gasteiger partial charge in [-0.25, -0.2) is 4.79 Å². The molecule has 0 saturated carbocycles. The highest BCUT2D eigenvalue weighted by Crippen LogP contribution is 2.38. The molecule has 0 aliphatic heterocycles. The maximum absolute atomic E-state index is 12.0. The molecule has 0 saturated heterocycles. The summed E-state index contributed by atoms with van der Waals surface area (Å²) in [6.45, 7) is 6.84. The minimum atomic E-state index is -0.877. The lowest BCUT2D eigenvalue weighted by Gasteiger charge is -2.20. The molecule has 0 fully saturated rings. The van der Waals surface area contributed by atoms with Crippen molar-refractivity contribution in [1.29, 1.82) is 0 Å². The molecular formula is C45H66O4. The molecule has 4 aromatic rings. The fourth-order valence-electron chi connectivity index (χ4n) is 7.54. The summed E-state index contributed by atoms with van der Waals surface area (Å²) in [6.07, 6.45) is 28.5. The molecule has 4 rings (SSSR count). The molecule has 1 N–H and O–H groups in total. The van der Waals surface area contributed by atoms with Crippen molar-refractivity contribution < 1.29 is 19.4 Å². The molecule has 4 heteroatoms. The molecule has 1 unspecified atom stereocenters. The summed E-state index contributed by atoms with van der Waals surface area (Å²) in [6, 6.07) is 16.5. The van der Waals surface area contributed by atoms with Crippen molar-refractivity contribution in [3.8, 4) is 0 Å². The first-order valence-corrected chi connectivity index (χ1v) is 20.3. The summed E-state index contributed by atoms with van der Waals surface area (Å²) >= 11 is 0. The van der Waals surface area contributed by atoms with Gasteiger partial charge in [0.25, 0.3) is 0 Å². The second-order valence-corrected chi connectivity index (χ2v) is 14.5. The first kappa shape index (κ1) is 39.1. The first-order valence-electron chi connectivity index (χ1n) is 20.3. The summed E-state index contributed by atoms with van der Waals surface area (Å²) in [5.41, 5.74) is 1.66. The van der Waals surface area contributed by atoms with E-state index < -0.39 is 5.97 Å². The van der Waals surface area contributed by atoms with Gasteiger partial charge in [0, 0.05) is 13.2 Å². The van der Waals surface area contributed by atoms with E-state index in [0.29, 0.717) is 12.2 Å². The van der Waals surface area contributed by atoms with Gasteiger partial charge in [-0.1, -0.05) is 172 Å². The van der Waals surface area contributed by atoms with Gasteiger partial charge in [0.05, 0.1) is 18.3 Å². The lowest BCUT2D eigenvalue weighted by molar-refractivity contribution is -0.0221. The van der Waals surface area contributed by atoms with Gasteiger partial charge in [-0.05, 0) is 69.6 Å². The molecule has 1 atom stereocenters. The Morgan fingerprint density at radius 1 is 0.571 bits per heavy atom. The van der Waals surface area contributed by atoms with Crippen LogP contribution in [-0.4, -0.2) is 37.0 Å². The Bertz CT molecular complexity index is 1480. The van der Waals surface area contributed by atoms with Gasteiger partial charge in [-0.15, -0.1) is 0 Å². The van der Waals surface area contributed by atoms with Gasteiger partial charge in [-0.2, -0.15) is 0 Å². The van der Waals surface area contributed by atoms with Crippen molar-refractivity contribution in [2.24, 2.45) is 0 Å². The zero-order valence-corrected chi connectivity index (χ0v) is 31.0. The lowest BCUT2D eigenvalue weighted by atomic mass is 9.89. The SMILES string of the molecule is CCCCCCCCCCCCOCC(CCc1ccc2ccc3c(C(=O)O)ccc4ccc1c2c43)OCCCCCCCCCCCC. The highest BCUT2D eigenvalue weighted by atomic mass is 16.5. The summed E-state index contributed by atoms with van der Waals surface area (Å²) in [4.78, 5) is 12.0. The number of carboxylic acid groups (broad SMARTS) is 1. The van der Waals surface area contributed by atoms with Crippen molar-refractivity contribution in [1.82, 2.24) is 0 Å². The third-order valence-electron chi connectivity index (χ3n) is 10.5. The van der Waals surface area contributed by atoms with E-state index >= 15 is 0 Å². The number of carboxylic acids is 1. The van der Waals surface area contributed by atoms with Crippen LogP contribution in [0, 0.1) is 0 Å². The van der Waals surface area contributed by atoms with Gasteiger partial charge < -0.3 is 14.6 Å². The summed E-state index contributed by atoms with van der Waals surface area (Å²) in [7, 11) is 0. The van der Waals surface area contributed by atoms with Crippen LogP contribution in [0.3, 0.4) is 0 Å². The van der Waals surface area contributed by atoms with E-state index in [9.17, 15) is 9.90 Å². The Hall–Kier alpha value is -2.69. The zero-order chi connectivity index (χ0) is 34.5. The number of hydrogen-bond acceptors (Lipinski definition) is 3. The summed E-state index contributed by atoms with van der Waals surface area (Å²) < 4.78 is 12.8. The van der Waals surface area contributed by atoms with Gasteiger partial charge in [0.2, 0.25) is 0 Å². The second kappa shape index (κ2) is 22.9. The molecule has 0 amide bonds. The van der Waals surface area contributed by atoms with Gasteiger partial charge in [0.1, 0.15) is 0 Å². The molecule has 0 aliphatic carbocycles. The fraction of sp³-hybridized carbons (Fsp3) is 0.622. The van der Waals surface area contributed by atoms with E-state index in [1.165, 1.54) is 132 Å². The van der Waals surface area contributed by atoms with E-state index in [4.69, 9.17) is 9.47 Å². The van der Waals surface area contributed by atoms with Crippen molar-refractivity contribution >= 4 is 38.3 Å². The maximum atomic E-state index is 12.0. The largest absolute Gasteiger partial charge is 0.478 e. The number of aromatic carboxylic acids is 1. The van der Waals surface area contributed by atoms with Crippen LogP contribution in [-0.2, 0) is 15.9 Å². The fourth-order valence-corrected chi connectivity index (χ4v) is 7.54. The van der Waals surface area contributed by atoms with Crippen molar-refractivity contribution in [3.63, 3.8) is 0 Å². The Kier molecular flexibility index (Phi) is 18.3. The average molecular weight is 671 g/mol. The van der Waals surface area contributed by atoms with Crippen LogP contribution in [0.4, 0.5) is 0 Å². The zero-order valence-electron chi connectivity index (χ0n) is 31.0. The number of benzene rings is 4. The molecule has 270 valence electrons. The van der Waals surface area contributed by atoms with Crippen LogP contribution in [0.1, 0.15) is 165 Å². The Labute approximate surface area is 297 Å². The number of aryl methyl sites for hydroxylation is 1. The number of ether oxygens (including phenoxy) is 2. The number of rotatable bonds is 29. The monoisotopic (exact) mass is 670 g/mol. The third kappa shape index (κ3) is 12.9. The van der Waals surface area contributed by atoms with E-state index in [0.717, 1.165) is 60.4 Å². The lowest BCUT2D eigenvalue weighted by Crippen LogP contribution is -2.22. The predicted octanol–water partition coefficient (Wildman–Crippen LogP) is 13.5. The van der Waals surface area contributed by atoms with Gasteiger partial charge >= 0.3 is 5.97 Å². The molecule has 0 bridgehead atoms. The van der Waals surface area contributed by atoms with Gasteiger partial charge in [-0.3, -0.25) is 0 Å². The molecule has 0 spiro atoms. The smallest absolute Gasteiger partial charge is 0.336 e. The average Bonchev–Trinajstić information content (AvgIpc) is 3.11.